The molecule has 0 N–H and O–H groups in total. The van der Waals surface area contributed by atoms with Crippen molar-refractivity contribution in [1.29, 1.82) is 0 Å². The van der Waals surface area contributed by atoms with Crippen LogP contribution in [0.1, 0.15) is 32.6 Å². The van der Waals surface area contributed by atoms with Crippen molar-refractivity contribution in [2.24, 2.45) is 5.92 Å². The van der Waals surface area contributed by atoms with Crippen molar-refractivity contribution in [2.75, 3.05) is 0 Å². The lowest BCUT2D eigenvalue weighted by Gasteiger charge is -2.15. The average molecular weight is 145 g/mol. The van der Waals surface area contributed by atoms with E-state index in [-0.39, 0.29) is 0 Å². The van der Waals surface area contributed by atoms with Crippen molar-refractivity contribution in [3.63, 3.8) is 0 Å². The van der Waals surface area contributed by atoms with E-state index < -0.39 is 0 Å². The molecule has 0 nitrogen and oxygen atoms in total. The molecule has 0 saturated carbocycles. The molecule has 1 unspecified atom stereocenters. The van der Waals surface area contributed by atoms with Gasteiger partial charge < -0.3 is 0 Å². The Balaban J connectivity index is 2.47. The minimum Gasteiger partial charge on any atom is -0.0895 e. The summed E-state index contributed by atoms with van der Waals surface area (Å²) >= 11 is 5.85. The SMILES string of the molecule is CCC1C=C(Cl)CCC1. The zero-order valence-electron chi connectivity index (χ0n) is 5.86. The monoisotopic (exact) mass is 144 g/mol. The molecule has 0 fully saturated rings. The molecule has 52 valence electrons. The third-order valence-electron chi connectivity index (χ3n) is 1.93. The highest BCUT2D eigenvalue weighted by Crippen LogP contribution is 2.26. The summed E-state index contributed by atoms with van der Waals surface area (Å²) in [6, 6.07) is 0. The van der Waals surface area contributed by atoms with Crippen LogP contribution in [0.15, 0.2) is 11.1 Å². The lowest BCUT2D eigenvalue weighted by molar-refractivity contribution is 0.523. The Labute approximate surface area is 61.9 Å². The van der Waals surface area contributed by atoms with Gasteiger partial charge in [0.05, 0.1) is 0 Å². The van der Waals surface area contributed by atoms with Crippen LogP contribution in [0.4, 0.5) is 0 Å². The first kappa shape index (κ1) is 7.14. The maximum Gasteiger partial charge on any atom is 0.0143 e. The second-order valence-electron chi connectivity index (χ2n) is 2.67. The van der Waals surface area contributed by atoms with Gasteiger partial charge in [-0.1, -0.05) is 24.6 Å². The van der Waals surface area contributed by atoms with Crippen LogP contribution in [0, 0.1) is 5.92 Å². The largest absolute Gasteiger partial charge is 0.0895 e. The zero-order valence-corrected chi connectivity index (χ0v) is 6.62. The number of rotatable bonds is 1. The van der Waals surface area contributed by atoms with Crippen molar-refractivity contribution in [3.8, 4) is 0 Å². The quantitative estimate of drug-likeness (QED) is 0.530. The van der Waals surface area contributed by atoms with Crippen molar-refractivity contribution in [2.45, 2.75) is 32.6 Å². The highest BCUT2D eigenvalue weighted by molar-refractivity contribution is 6.29. The summed E-state index contributed by atoms with van der Waals surface area (Å²) in [5.41, 5.74) is 0. The van der Waals surface area contributed by atoms with Gasteiger partial charge in [0, 0.05) is 5.03 Å². The van der Waals surface area contributed by atoms with Crippen LogP contribution in [0.3, 0.4) is 0 Å². The van der Waals surface area contributed by atoms with Gasteiger partial charge >= 0.3 is 0 Å². The highest BCUT2D eigenvalue weighted by Gasteiger charge is 2.09. The summed E-state index contributed by atoms with van der Waals surface area (Å²) in [6.07, 6.45) is 7.19. The van der Waals surface area contributed by atoms with Crippen LogP contribution in [-0.4, -0.2) is 0 Å². The Morgan fingerprint density at radius 2 is 2.56 bits per heavy atom. The first-order chi connectivity index (χ1) is 4.33. The Bertz CT molecular complexity index is 116. The molecule has 0 amide bonds. The third-order valence-corrected chi connectivity index (χ3v) is 2.25. The molecule has 0 spiro atoms. The molecular weight excluding hydrogens is 132 g/mol. The normalized spacial score (nSPS) is 27.8. The Hall–Kier alpha value is 0.0300. The molecule has 0 aromatic heterocycles. The van der Waals surface area contributed by atoms with E-state index in [1.165, 1.54) is 19.3 Å². The van der Waals surface area contributed by atoms with Gasteiger partial charge in [-0.05, 0) is 31.6 Å². The van der Waals surface area contributed by atoms with Crippen molar-refractivity contribution in [3.05, 3.63) is 11.1 Å². The number of halogens is 1. The number of hydrogen-bond acceptors (Lipinski definition) is 0. The molecule has 0 bridgehead atoms. The summed E-state index contributed by atoms with van der Waals surface area (Å²) in [5, 5.41) is 1.08. The van der Waals surface area contributed by atoms with E-state index in [4.69, 9.17) is 11.6 Å². The van der Waals surface area contributed by atoms with E-state index in [0.717, 1.165) is 17.4 Å². The summed E-state index contributed by atoms with van der Waals surface area (Å²) in [6.45, 7) is 2.22. The molecule has 0 saturated heterocycles. The standard InChI is InChI=1S/C8H13Cl/c1-2-7-4-3-5-8(9)6-7/h6-7H,2-5H2,1H3. The molecule has 9 heavy (non-hydrogen) atoms. The zero-order chi connectivity index (χ0) is 6.69. The molecule has 1 aliphatic carbocycles. The number of allylic oxidation sites excluding steroid dienone is 2. The van der Waals surface area contributed by atoms with E-state index >= 15 is 0 Å². The second kappa shape index (κ2) is 3.26. The van der Waals surface area contributed by atoms with Crippen LogP contribution in [-0.2, 0) is 0 Å². The predicted octanol–water partition coefficient (Wildman–Crippen LogP) is 3.32. The van der Waals surface area contributed by atoms with Gasteiger partial charge in [0.15, 0.2) is 0 Å². The molecule has 1 rings (SSSR count). The van der Waals surface area contributed by atoms with Gasteiger partial charge in [-0.25, -0.2) is 0 Å². The van der Waals surface area contributed by atoms with Crippen molar-refractivity contribution in [1.82, 2.24) is 0 Å². The van der Waals surface area contributed by atoms with Crippen LogP contribution >= 0.6 is 11.6 Å². The minimum atomic E-state index is 0.770. The van der Waals surface area contributed by atoms with E-state index in [1.54, 1.807) is 0 Å². The van der Waals surface area contributed by atoms with Crippen molar-refractivity contribution < 1.29 is 0 Å². The summed E-state index contributed by atoms with van der Waals surface area (Å²) in [4.78, 5) is 0. The molecule has 0 aliphatic heterocycles. The van der Waals surface area contributed by atoms with Gasteiger partial charge in [-0.15, -0.1) is 0 Å². The van der Waals surface area contributed by atoms with Gasteiger partial charge in [0.1, 0.15) is 0 Å². The fourth-order valence-corrected chi connectivity index (χ4v) is 1.59. The smallest absolute Gasteiger partial charge is 0.0143 e. The molecule has 1 aliphatic rings. The first-order valence-electron chi connectivity index (χ1n) is 3.69. The maximum atomic E-state index is 5.85. The van der Waals surface area contributed by atoms with E-state index in [9.17, 15) is 0 Å². The Kier molecular flexibility index (Phi) is 2.59. The van der Waals surface area contributed by atoms with Crippen LogP contribution in [0.5, 0.6) is 0 Å². The van der Waals surface area contributed by atoms with Gasteiger partial charge in [0.2, 0.25) is 0 Å². The van der Waals surface area contributed by atoms with E-state index in [0.29, 0.717) is 0 Å². The second-order valence-corrected chi connectivity index (χ2v) is 3.16. The van der Waals surface area contributed by atoms with Crippen LogP contribution in [0.2, 0.25) is 0 Å². The topological polar surface area (TPSA) is 0 Å². The fourth-order valence-electron chi connectivity index (χ4n) is 1.28. The number of hydrogen-bond donors (Lipinski definition) is 0. The third kappa shape index (κ3) is 2.02. The lowest BCUT2D eigenvalue weighted by Crippen LogP contribution is -2.00. The van der Waals surface area contributed by atoms with E-state index in [2.05, 4.69) is 13.0 Å². The van der Waals surface area contributed by atoms with Gasteiger partial charge in [-0.2, -0.15) is 0 Å². The molecule has 0 aromatic carbocycles. The molecule has 0 aromatic rings. The maximum absolute atomic E-state index is 5.85. The van der Waals surface area contributed by atoms with Gasteiger partial charge in [0.25, 0.3) is 0 Å². The van der Waals surface area contributed by atoms with Crippen molar-refractivity contribution >= 4 is 11.6 Å². The molecule has 1 atom stereocenters. The predicted molar refractivity (Wildman–Crippen MR) is 41.6 cm³/mol. The van der Waals surface area contributed by atoms with Crippen LogP contribution in [0.25, 0.3) is 0 Å². The molecule has 0 heterocycles. The average Bonchev–Trinajstić information content (AvgIpc) is 1.88. The lowest BCUT2D eigenvalue weighted by atomic mass is 9.94. The Morgan fingerprint density at radius 1 is 1.78 bits per heavy atom. The molecule has 0 radical (unpaired) electrons. The molecular formula is C8H13Cl. The summed E-state index contributed by atoms with van der Waals surface area (Å²) < 4.78 is 0. The van der Waals surface area contributed by atoms with Gasteiger partial charge in [-0.3, -0.25) is 0 Å². The summed E-state index contributed by atoms with van der Waals surface area (Å²) in [5.74, 6) is 0.770. The highest BCUT2D eigenvalue weighted by atomic mass is 35.5. The minimum absolute atomic E-state index is 0.770. The van der Waals surface area contributed by atoms with E-state index in [1.807, 2.05) is 0 Å². The molecule has 1 heteroatoms. The Morgan fingerprint density at radius 3 is 3.00 bits per heavy atom. The fraction of sp³-hybridized carbons (Fsp3) is 0.750. The first-order valence-corrected chi connectivity index (χ1v) is 4.07. The summed E-state index contributed by atoms with van der Waals surface area (Å²) in [7, 11) is 0. The van der Waals surface area contributed by atoms with Crippen LogP contribution < -0.4 is 0 Å².